The number of rotatable bonds is 5. The molecule has 0 aliphatic rings. The molecule has 2 rings (SSSR count). The summed E-state index contributed by atoms with van der Waals surface area (Å²) in [7, 11) is 0. The van der Waals surface area contributed by atoms with E-state index in [1.165, 1.54) is 27.8 Å². The number of hydrogen-bond acceptors (Lipinski definition) is 1. The highest BCUT2D eigenvalue weighted by Gasteiger charge is 2.18. The van der Waals surface area contributed by atoms with Crippen molar-refractivity contribution in [3.05, 3.63) is 58.5 Å². The average molecular weight is 321 g/mol. The third-order valence-electron chi connectivity index (χ3n) is 3.67. The summed E-state index contributed by atoms with van der Waals surface area (Å²) < 4.78 is 5.22. The van der Waals surface area contributed by atoms with Crippen molar-refractivity contribution in [3.63, 3.8) is 0 Å². The lowest BCUT2D eigenvalue weighted by Gasteiger charge is -2.19. The summed E-state index contributed by atoms with van der Waals surface area (Å²) in [6, 6.07) is 6.73. The van der Waals surface area contributed by atoms with Gasteiger partial charge in [-0.25, -0.2) is 0 Å². The summed E-state index contributed by atoms with van der Waals surface area (Å²) in [5.41, 5.74) is 6.93. The molecule has 0 radical (unpaired) electrons. The Kier molecular flexibility index (Phi) is 4.87. The SMILES string of the molecule is CCc1cc(CC)c(C(Br)c2ccoc2)c(CC)c1. The zero-order valence-corrected chi connectivity index (χ0v) is 13.5. The van der Waals surface area contributed by atoms with E-state index in [-0.39, 0.29) is 4.83 Å². The first-order valence-electron chi connectivity index (χ1n) is 7.01. The molecule has 0 aliphatic heterocycles. The second-order valence-corrected chi connectivity index (χ2v) is 5.72. The summed E-state index contributed by atoms with van der Waals surface area (Å²) in [4.78, 5) is 0.224. The van der Waals surface area contributed by atoms with E-state index in [1.807, 2.05) is 12.3 Å². The highest BCUT2D eigenvalue weighted by Crippen LogP contribution is 2.36. The van der Waals surface area contributed by atoms with Crippen molar-refractivity contribution >= 4 is 15.9 Å². The van der Waals surface area contributed by atoms with Gasteiger partial charge in [0, 0.05) is 5.56 Å². The van der Waals surface area contributed by atoms with Gasteiger partial charge in [0.15, 0.2) is 0 Å². The predicted molar refractivity (Wildman–Crippen MR) is 84.1 cm³/mol. The number of alkyl halides is 1. The molecule has 0 spiro atoms. The Hall–Kier alpha value is -1.02. The van der Waals surface area contributed by atoms with Crippen LogP contribution in [0.25, 0.3) is 0 Å². The van der Waals surface area contributed by atoms with Gasteiger partial charge in [0.25, 0.3) is 0 Å². The summed E-state index contributed by atoms with van der Waals surface area (Å²) >= 11 is 3.84. The van der Waals surface area contributed by atoms with E-state index in [0.29, 0.717) is 0 Å². The van der Waals surface area contributed by atoms with Gasteiger partial charge < -0.3 is 4.42 Å². The number of furan rings is 1. The van der Waals surface area contributed by atoms with Crippen LogP contribution in [0.2, 0.25) is 0 Å². The van der Waals surface area contributed by atoms with Crippen molar-refractivity contribution in [1.82, 2.24) is 0 Å². The zero-order chi connectivity index (χ0) is 13.8. The molecule has 102 valence electrons. The van der Waals surface area contributed by atoms with Crippen LogP contribution in [0.1, 0.15) is 53.4 Å². The van der Waals surface area contributed by atoms with E-state index in [0.717, 1.165) is 19.3 Å². The van der Waals surface area contributed by atoms with E-state index in [4.69, 9.17) is 4.42 Å². The molecule has 0 N–H and O–H groups in total. The van der Waals surface area contributed by atoms with Gasteiger partial charge >= 0.3 is 0 Å². The fourth-order valence-electron chi connectivity index (χ4n) is 2.55. The van der Waals surface area contributed by atoms with E-state index in [1.54, 1.807) is 6.26 Å². The van der Waals surface area contributed by atoms with Crippen LogP contribution >= 0.6 is 15.9 Å². The van der Waals surface area contributed by atoms with Gasteiger partial charge in [-0.15, -0.1) is 0 Å². The molecule has 1 aromatic heterocycles. The van der Waals surface area contributed by atoms with Gasteiger partial charge in [-0.1, -0.05) is 48.8 Å². The Morgan fingerprint density at radius 1 is 1.05 bits per heavy atom. The molecule has 0 saturated heterocycles. The van der Waals surface area contributed by atoms with Crippen LogP contribution in [0, 0.1) is 0 Å². The molecule has 1 aromatic carbocycles. The quantitative estimate of drug-likeness (QED) is 0.667. The molecular weight excluding hydrogens is 300 g/mol. The third kappa shape index (κ3) is 2.94. The lowest BCUT2D eigenvalue weighted by molar-refractivity contribution is 0.564. The van der Waals surface area contributed by atoms with E-state index in [2.05, 4.69) is 48.8 Å². The highest BCUT2D eigenvalue weighted by molar-refractivity contribution is 9.09. The fourth-order valence-corrected chi connectivity index (χ4v) is 3.40. The van der Waals surface area contributed by atoms with Gasteiger partial charge in [-0.05, 0) is 47.6 Å². The summed E-state index contributed by atoms with van der Waals surface area (Å²) in [6.45, 7) is 6.68. The Morgan fingerprint density at radius 3 is 2.11 bits per heavy atom. The molecule has 0 amide bonds. The van der Waals surface area contributed by atoms with Crippen LogP contribution in [0.5, 0.6) is 0 Å². The molecular formula is C17H21BrO. The van der Waals surface area contributed by atoms with Crippen LogP contribution in [0.3, 0.4) is 0 Å². The Labute approximate surface area is 124 Å². The van der Waals surface area contributed by atoms with Gasteiger partial charge in [-0.3, -0.25) is 0 Å². The van der Waals surface area contributed by atoms with E-state index in [9.17, 15) is 0 Å². The minimum Gasteiger partial charge on any atom is -0.472 e. The first-order valence-corrected chi connectivity index (χ1v) is 7.93. The summed E-state index contributed by atoms with van der Waals surface area (Å²) in [5.74, 6) is 0. The highest BCUT2D eigenvalue weighted by atomic mass is 79.9. The average Bonchev–Trinajstić information content (AvgIpc) is 2.99. The maximum absolute atomic E-state index is 5.22. The van der Waals surface area contributed by atoms with Crippen LogP contribution in [0.4, 0.5) is 0 Å². The van der Waals surface area contributed by atoms with Gasteiger partial charge in [0.05, 0.1) is 17.4 Å². The van der Waals surface area contributed by atoms with Crippen molar-refractivity contribution in [2.24, 2.45) is 0 Å². The topological polar surface area (TPSA) is 13.1 Å². The van der Waals surface area contributed by atoms with Gasteiger partial charge in [-0.2, -0.15) is 0 Å². The molecule has 1 atom stereocenters. The minimum atomic E-state index is 0.224. The maximum atomic E-state index is 5.22. The molecule has 1 nitrogen and oxygen atoms in total. The van der Waals surface area contributed by atoms with Crippen molar-refractivity contribution < 1.29 is 4.42 Å². The van der Waals surface area contributed by atoms with Crippen molar-refractivity contribution in [1.29, 1.82) is 0 Å². The van der Waals surface area contributed by atoms with Crippen LogP contribution in [-0.4, -0.2) is 0 Å². The van der Waals surface area contributed by atoms with Crippen LogP contribution in [0.15, 0.2) is 35.1 Å². The number of benzene rings is 1. The largest absolute Gasteiger partial charge is 0.472 e. The van der Waals surface area contributed by atoms with Crippen LogP contribution in [-0.2, 0) is 19.3 Å². The Balaban J connectivity index is 2.54. The second-order valence-electron chi connectivity index (χ2n) is 4.81. The Morgan fingerprint density at radius 2 is 1.68 bits per heavy atom. The number of hydrogen-bond donors (Lipinski definition) is 0. The lowest BCUT2D eigenvalue weighted by atomic mass is 9.90. The molecule has 0 saturated carbocycles. The van der Waals surface area contributed by atoms with Crippen LogP contribution < -0.4 is 0 Å². The van der Waals surface area contributed by atoms with Crippen molar-refractivity contribution in [2.75, 3.05) is 0 Å². The first-order chi connectivity index (χ1) is 9.21. The molecule has 1 heterocycles. The summed E-state index contributed by atoms with van der Waals surface area (Å²) in [6.07, 6.45) is 6.79. The van der Waals surface area contributed by atoms with E-state index >= 15 is 0 Å². The van der Waals surface area contributed by atoms with E-state index < -0.39 is 0 Å². The first kappa shape index (κ1) is 14.4. The summed E-state index contributed by atoms with van der Waals surface area (Å²) in [5, 5.41) is 0. The molecule has 0 bridgehead atoms. The molecule has 2 heteroatoms. The molecule has 1 unspecified atom stereocenters. The normalized spacial score (nSPS) is 12.6. The predicted octanol–water partition coefficient (Wildman–Crippen LogP) is 5.45. The Bertz CT molecular complexity index is 503. The minimum absolute atomic E-state index is 0.224. The van der Waals surface area contributed by atoms with Crippen molar-refractivity contribution in [2.45, 2.75) is 44.9 Å². The smallest absolute Gasteiger partial charge is 0.0949 e. The zero-order valence-electron chi connectivity index (χ0n) is 11.9. The van der Waals surface area contributed by atoms with Gasteiger partial charge in [0.2, 0.25) is 0 Å². The molecule has 0 fully saturated rings. The molecule has 19 heavy (non-hydrogen) atoms. The molecule has 0 aliphatic carbocycles. The monoisotopic (exact) mass is 320 g/mol. The molecule has 2 aromatic rings. The second kappa shape index (κ2) is 6.42. The number of aryl methyl sites for hydroxylation is 3. The number of halogens is 1. The standard InChI is InChI=1S/C17H21BrO/c1-4-12-9-13(5-2)16(14(6-3)10-12)17(18)15-7-8-19-11-15/h7-11,17H,4-6H2,1-3H3. The maximum Gasteiger partial charge on any atom is 0.0949 e. The third-order valence-corrected chi connectivity index (χ3v) is 4.66. The fraction of sp³-hybridized carbons (Fsp3) is 0.412. The van der Waals surface area contributed by atoms with Crippen molar-refractivity contribution in [3.8, 4) is 0 Å². The van der Waals surface area contributed by atoms with Gasteiger partial charge in [0.1, 0.15) is 0 Å². The lowest BCUT2D eigenvalue weighted by Crippen LogP contribution is -2.04.